The molecule has 1 aliphatic rings. The Morgan fingerprint density at radius 2 is 2.14 bits per heavy atom. The highest BCUT2D eigenvalue weighted by atomic mass is 32.2. The molecule has 0 unspecified atom stereocenters. The van der Waals surface area contributed by atoms with Gasteiger partial charge in [-0.05, 0) is 31.4 Å². The molecule has 0 spiro atoms. The highest BCUT2D eigenvalue weighted by Crippen LogP contribution is 2.22. The molecule has 1 aromatic carbocycles. The van der Waals surface area contributed by atoms with E-state index in [0.717, 1.165) is 12.8 Å². The van der Waals surface area contributed by atoms with Gasteiger partial charge in [-0.1, -0.05) is 12.1 Å². The Balaban J connectivity index is 1.90. The number of nitrogens with one attached hydrogen (secondary N) is 1. The fraction of sp³-hybridized carbons (Fsp3) is 0.333. The van der Waals surface area contributed by atoms with Gasteiger partial charge in [0.15, 0.2) is 0 Å². The third-order valence-electron chi connectivity index (χ3n) is 3.64. The number of sulfonamides is 1. The van der Waals surface area contributed by atoms with E-state index in [9.17, 15) is 13.2 Å². The van der Waals surface area contributed by atoms with Crippen molar-refractivity contribution in [1.29, 1.82) is 0 Å². The summed E-state index contributed by atoms with van der Waals surface area (Å²) in [5.74, 6) is -0.606. The number of amides is 1. The summed E-state index contributed by atoms with van der Waals surface area (Å²) in [6.07, 6.45) is 4.71. The van der Waals surface area contributed by atoms with Gasteiger partial charge in [-0.15, -0.1) is 0 Å². The van der Waals surface area contributed by atoms with Crippen molar-refractivity contribution in [3.8, 4) is 0 Å². The third kappa shape index (κ3) is 2.95. The van der Waals surface area contributed by atoms with Gasteiger partial charge in [0.2, 0.25) is 0 Å². The average Bonchev–Trinajstić information content (AvgIpc) is 2.54. The fourth-order valence-corrected chi connectivity index (χ4v) is 3.77. The molecule has 2 aromatic rings. The molecule has 6 nitrogen and oxygen atoms in total. The van der Waals surface area contributed by atoms with Crippen LogP contribution in [0.3, 0.4) is 0 Å². The minimum absolute atomic E-state index is 0.0663. The van der Waals surface area contributed by atoms with Crippen LogP contribution in [0.4, 0.5) is 0 Å². The van der Waals surface area contributed by atoms with Gasteiger partial charge in [0.1, 0.15) is 6.10 Å². The van der Waals surface area contributed by atoms with E-state index in [1.54, 1.807) is 24.4 Å². The van der Waals surface area contributed by atoms with Crippen LogP contribution in [-0.4, -0.2) is 32.0 Å². The minimum atomic E-state index is -3.94. The molecule has 1 atom stereocenters. The van der Waals surface area contributed by atoms with Crippen LogP contribution in [0.1, 0.15) is 19.3 Å². The number of benzene rings is 1. The molecular weight excluding hydrogens is 304 g/mol. The lowest BCUT2D eigenvalue weighted by Gasteiger charge is -2.21. The lowest BCUT2D eigenvalue weighted by molar-refractivity contribution is -0.133. The number of carbonyl (C=O) groups excluding carboxylic acids is 1. The number of pyridine rings is 1. The minimum Gasteiger partial charge on any atom is -0.368 e. The maximum Gasteiger partial charge on any atom is 0.264 e. The molecule has 1 N–H and O–H groups in total. The standard InChI is InChI=1S/C15H16N2O4S/c18-15(13-5-1-2-9-21-13)17-22(19,20)14-6-3-4-11-10-16-8-7-12(11)14/h3-4,6-8,10,13H,1-2,5,9H2,(H,17,18)/t13-/m0/s1. The Bertz CT molecular complexity index is 793. The average molecular weight is 320 g/mol. The second kappa shape index (κ2) is 6.02. The number of rotatable bonds is 3. The van der Waals surface area contributed by atoms with Crippen LogP contribution < -0.4 is 4.72 Å². The van der Waals surface area contributed by atoms with Gasteiger partial charge in [-0.25, -0.2) is 13.1 Å². The quantitative estimate of drug-likeness (QED) is 0.928. The van der Waals surface area contributed by atoms with Crippen molar-refractivity contribution in [2.75, 3.05) is 6.61 Å². The van der Waals surface area contributed by atoms with Crippen LogP contribution in [-0.2, 0) is 19.6 Å². The second-order valence-corrected chi connectivity index (χ2v) is 6.83. The Kier molecular flexibility index (Phi) is 4.08. The van der Waals surface area contributed by atoms with Crippen molar-refractivity contribution >= 4 is 26.7 Å². The highest BCUT2D eigenvalue weighted by Gasteiger charge is 2.27. The monoisotopic (exact) mass is 320 g/mol. The topological polar surface area (TPSA) is 85.4 Å². The van der Waals surface area contributed by atoms with Crippen molar-refractivity contribution in [3.05, 3.63) is 36.7 Å². The molecular formula is C15H16N2O4S. The van der Waals surface area contributed by atoms with Crippen LogP contribution in [0.25, 0.3) is 10.8 Å². The first-order chi connectivity index (χ1) is 10.6. The molecule has 0 aliphatic carbocycles. The van der Waals surface area contributed by atoms with Crippen LogP contribution in [0.2, 0.25) is 0 Å². The van der Waals surface area contributed by atoms with E-state index in [4.69, 9.17) is 4.74 Å². The van der Waals surface area contributed by atoms with Gasteiger partial charge in [0.05, 0.1) is 4.90 Å². The molecule has 22 heavy (non-hydrogen) atoms. The number of aromatic nitrogens is 1. The van der Waals surface area contributed by atoms with E-state index in [0.29, 0.717) is 23.8 Å². The third-order valence-corrected chi connectivity index (χ3v) is 5.04. The Hall–Kier alpha value is -1.99. The molecule has 0 bridgehead atoms. The Morgan fingerprint density at radius 1 is 1.27 bits per heavy atom. The summed E-state index contributed by atoms with van der Waals surface area (Å²) >= 11 is 0. The van der Waals surface area contributed by atoms with Gasteiger partial charge >= 0.3 is 0 Å². The number of nitrogens with zero attached hydrogens (tertiary/aromatic N) is 1. The van der Waals surface area contributed by atoms with Gasteiger partial charge in [-0.3, -0.25) is 9.78 Å². The lowest BCUT2D eigenvalue weighted by atomic mass is 10.1. The fourth-order valence-electron chi connectivity index (χ4n) is 2.53. The summed E-state index contributed by atoms with van der Waals surface area (Å²) in [7, 11) is -3.94. The van der Waals surface area contributed by atoms with Gasteiger partial charge in [0.25, 0.3) is 15.9 Å². The summed E-state index contributed by atoms with van der Waals surface area (Å²) in [4.78, 5) is 16.1. The number of ether oxygens (including phenoxy) is 1. The maximum absolute atomic E-state index is 12.5. The van der Waals surface area contributed by atoms with Crippen molar-refractivity contribution in [2.24, 2.45) is 0 Å². The maximum atomic E-state index is 12.5. The first kappa shape index (κ1) is 14.9. The zero-order valence-electron chi connectivity index (χ0n) is 11.9. The largest absolute Gasteiger partial charge is 0.368 e. The van der Waals surface area contributed by atoms with Crippen molar-refractivity contribution < 1.29 is 17.9 Å². The van der Waals surface area contributed by atoms with E-state index < -0.39 is 22.0 Å². The first-order valence-electron chi connectivity index (χ1n) is 7.09. The molecule has 116 valence electrons. The number of fused-ring (bicyclic) bond motifs is 1. The number of carbonyl (C=O) groups is 1. The molecule has 7 heteroatoms. The van der Waals surface area contributed by atoms with E-state index in [-0.39, 0.29) is 4.90 Å². The molecule has 3 rings (SSSR count). The molecule has 1 amide bonds. The molecule has 1 fully saturated rings. The molecule has 1 aliphatic heterocycles. The Labute approximate surface area is 128 Å². The zero-order chi connectivity index (χ0) is 15.6. The van der Waals surface area contributed by atoms with Crippen molar-refractivity contribution in [2.45, 2.75) is 30.3 Å². The van der Waals surface area contributed by atoms with E-state index >= 15 is 0 Å². The predicted molar refractivity (Wildman–Crippen MR) is 80.7 cm³/mol. The van der Waals surface area contributed by atoms with E-state index in [2.05, 4.69) is 9.71 Å². The lowest BCUT2D eigenvalue weighted by Crippen LogP contribution is -2.41. The summed E-state index contributed by atoms with van der Waals surface area (Å²) in [5.41, 5.74) is 0. The van der Waals surface area contributed by atoms with Crippen LogP contribution in [0, 0.1) is 0 Å². The summed E-state index contributed by atoms with van der Waals surface area (Å²) in [5, 5.41) is 1.23. The summed E-state index contributed by atoms with van der Waals surface area (Å²) < 4.78 is 32.4. The van der Waals surface area contributed by atoms with Gasteiger partial charge < -0.3 is 4.74 Å². The van der Waals surface area contributed by atoms with E-state index in [1.165, 1.54) is 12.3 Å². The van der Waals surface area contributed by atoms with Gasteiger partial charge in [-0.2, -0.15) is 0 Å². The van der Waals surface area contributed by atoms with E-state index in [1.807, 2.05) is 0 Å². The summed E-state index contributed by atoms with van der Waals surface area (Å²) in [6, 6.07) is 6.48. The molecule has 2 heterocycles. The SMILES string of the molecule is O=C(NS(=O)(=O)c1cccc2cnccc12)[C@@H]1CCCCO1. The molecule has 1 aromatic heterocycles. The predicted octanol–water partition coefficient (Wildman–Crippen LogP) is 1.61. The van der Waals surface area contributed by atoms with Gasteiger partial charge in [0, 0.05) is 29.8 Å². The van der Waals surface area contributed by atoms with Crippen LogP contribution in [0.5, 0.6) is 0 Å². The highest BCUT2D eigenvalue weighted by molar-refractivity contribution is 7.90. The molecule has 1 saturated heterocycles. The number of hydrogen-bond acceptors (Lipinski definition) is 5. The van der Waals surface area contributed by atoms with Crippen LogP contribution in [0.15, 0.2) is 41.6 Å². The molecule has 0 radical (unpaired) electrons. The van der Waals surface area contributed by atoms with Crippen molar-refractivity contribution in [3.63, 3.8) is 0 Å². The normalized spacial score (nSPS) is 19.0. The summed E-state index contributed by atoms with van der Waals surface area (Å²) in [6.45, 7) is 0.484. The van der Waals surface area contributed by atoms with Crippen molar-refractivity contribution in [1.82, 2.24) is 9.71 Å². The zero-order valence-corrected chi connectivity index (χ0v) is 12.7. The Morgan fingerprint density at radius 3 is 2.91 bits per heavy atom. The number of hydrogen-bond donors (Lipinski definition) is 1. The molecule has 0 saturated carbocycles. The smallest absolute Gasteiger partial charge is 0.264 e. The first-order valence-corrected chi connectivity index (χ1v) is 8.57. The van der Waals surface area contributed by atoms with Crippen LogP contribution >= 0.6 is 0 Å². The second-order valence-electron chi connectivity index (χ2n) is 5.18.